The number of carbonyl (C=O) groups excluding carboxylic acids is 1. The fourth-order valence-electron chi connectivity index (χ4n) is 1.52. The summed E-state index contributed by atoms with van der Waals surface area (Å²) in [6, 6.07) is 4.95. The van der Waals surface area contributed by atoms with E-state index in [4.69, 9.17) is 12.2 Å². The Morgan fingerprint density at radius 2 is 1.95 bits per heavy atom. The van der Waals surface area contributed by atoms with E-state index in [9.17, 15) is 18.0 Å². The SMILES string of the molecule is CCCCC(=O)NC(=S)Nc1ccccc1C(F)(F)F. The highest BCUT2D eigenvalue weighted by molar-refractivity contribution is 7.80. The Labute approximate surface area is 120 Å². The second-order valence-corrected chi connectivity index (χ2v) is 4.56. The van der Waals surface area contributed by atoms with E-state index in [0.717, 1.165) is 12.5 Å². The van der Waals surface area contributed by atoms with Crippen molar-refractivity contribution in [1.29, 1.82) is 0 Å². The largest absolute Gasteiger partial charge is 0.418 e. The lowest BCUT2D eigenvalue weighted by molar-refractivity contribution is -0.136. The molecule has 0 aromatic heterocycles. The molecule has 0 aliphatic carbocycles. The lowest BCUT2D eigenvalue weighted by Gasteiger charge is -2.15. The van der Waals surface area contributed by atoms with E-state index in [1.807, 2.05) is 6.92 Å². The number of hydrogen-bond donors (Lipinski definition) is 2. The summed E-state index contributed by atoms with van der Waals surface area (Å²) in [4.78, 5) is 11.4. The van der Waals surface area contributed by atoms with Crippen molar-refractivity contribution < 1.29 is 18.0 Å². The Balaban J connectivity index is 2.69. The summed E-state index contributed by atoms with van der Waals surface area (Å²) < 4.78 is 38.3. The maximum atomic E-state index is 12.8. The Morgan fingerprint density at radius 1 is 1.30 bits per heavy atom. The van der Waals surface area contributed by atoms with Gasteiger partial charge in [0.1, 0.15) is 0 Å². The predicted octanol–water partition coefficient (Wildman–Crippen LogP) is 3.71. The molecule has 0 fully saturated rings. The van der Waals surface area contributed by atoms with Gasteiger partial charge in [-0.25, -0.2) is 0 Å². The standard InChI is InChI=1S/C13H15F3N2OS/c1-2-3-8-11(19)18-12(20)17-10-7-5-4-6-9(10)13(14,15)16/h4-7H,2-3,8H2,1H3,(H2,17,18,19,20). The first-order valence-electron chi connectivity index (χ1n) is 6.11. The third-order valence-corrected chi connectivity index (χ3v) is 2.70. The zero-order valence-corrected chi connectivity index (χ0v) is 11.7. The molecule has 0 saturated carbocycles. The minimum Gasteiger partial charge on any atom is -0.332 e. The molecule has 2 N–H and O–H groups in total. The molecule has 0 radical (unpaired) electrons. The van der Waals surface area contributed by atoms with Gasteiger partial charge in [0.15, 0.2) is 5.11 Å². The molecule has 110 valence electrons. The van der Waals surface area contributed by atoms with Crippen LogP contribution >= 0.6 is 12.2 Å². The highest BCUT2D eigenvalue weighted by Gasteiger charge is 2.33. The number of alkyl halides is 3. The number of thiocarbonyl (C=S) groups is 1. The third-order valence-electron chi connectivity index (χ3n) is 2.49. The topological polar surface area (TPSA) is 41.1 Å². The average Bonchev–Trinajstić information content (AvgIpc) is 2.35. The van der Waals surface area contributed by atoms with Crippen molar-refractivity contribution in [2.75, 3.05) is 5.32 Å². The van der Waals surface area contributed by atoms with Gasteiger partial charge in [0.2, 0.25) is 5.91 Å². The van der Waals surface area contributed by atoms with Gasteiger partial charge < -0.3 is 10.6 Å². The molecule has 0 aliphatic rings. The van der Waals surface area contributed by atoms with Gasteiger partial charge in [-0.3, -0.25) is 4.79 Å². The fourth-order valence-corrected chi connectivity index (χ4v) is 1.74. The van der Waals surface area contributed by atoms with Crippen LogP contribution in [0.15, 0.2) is 24.3 Å². The molecule has 0 spiro atoms. The molecule has 3 nitrogen and oxygen atoms in total. The van der Waals surface area contributed by atoms with Crippen LogP contribution in [-0.4, -0.2) is 11.0 Å². The van der Waals surface area contributed by atoms with Gasteiger partial charge in [-0.15, -0.1) is 0 Å². The molecule has 1 amide bonds. The minimum absolute atomic E-state index is 0.136. The number of hydrogen-bond acceptors (Lipinski definition) is 2. The lowest BCUT2D eigenvalue weighted by atomic mass is 10.1. The molecule has 0 saturated heterocycles. The number of benzene rings is 1. The average molecular weight is 304 g/mol. The van der Waals surface area contributed by atoms with Gasteiger partial charge in [0, 0.05) is 6.42 Å². The van der Waals surface area contributed by atoms with Crippen LogP contribution in [0.1, 0.15) is 31.7 Å². The highest BCUT2D eigenvalue weighted by atomic mass is 32.1. The molecule has 0 bridgehead atoms. The van der Waals surface area contributed by atoms with Crippen molar-refractivity contribution >= 4 is 28.9 Å². The van der Waals surface area contributed by atoms with E-state index < -0.39 is 11.7 Å². The summed E-state index contributed by atoms with van der Waals surface area (Å²) in [6.45, 7) is 1.93. The zero-order valence-electron chi connectivity index (χ0n) is 10.9. The summed E-state index contributed by atoms with van der Waals surface area (Å²) >= 11 is 4.83. The number of unbranched alkanes of at least 4 members (excludes halogenated alkanes) is 1. The zero-order chi connectivity index (χ0) is 15.2. The molecule has 0 atom stereocenters. The van der Waals surface area contributed by atoms with E-state index in [1.165, 1.54) is 18.2 Å². The monoisotopic (exact) mass is 304 g/mol. The maximum Gasteiger partial charge on any atom is 0.418 e. The van der Waals surface area contributed by atoms with Crippen molar-refractivity contribution in [2.24, 2.45) is 0 Å². The number of para-hydroxylation sites is 1. The summed E-state index contributed by atoms with van der Waals surface area (Å²) in [5, 5.41) is 4.62. The predicted molar refractivity (Wildman–Crippen MR) is 75.3 cm³/mol. The van der Waals surface area contributed by atoms with Crippen molar-refractivity contribution in [1.82, 2.24) is 5.32 Å². The van der Waals surface area contributed by atoms with E-state index in [2.05, 4.69) is 10.6 Å². The first-order chi connectivity index (χ1) is 9.34. The quantitative estimate of drug-likeness (QED) is 0.833. The van der Waals surface area contributed by atoms with E-state index >= 15 is 0 Å². The molecular weight excluding hydrogens is 289 g/mol. The molecule has 0 aliphatic heterocycles. The maximum absolute atomic E-state index is 12.8. The van der Waals surface area contributed by atoms with Crippen LogP contribution in [0.3, 0.4) is 0 Å². The van der Waals surface area contributed by atoms with Crippen LogP contribution in [-0.2, 0) is 11.0 Å². The van der Waals surface area contributed by atoms with Crippen molar-refractivity contribution in [2.45, 2.75) is 32.4 Å². The lowest BCUT2D eigenvalue weighted by Crippen LogP contribution is -2.34. The van der Waals surface area contributed by atoms with Crippen LogP contribution in [0.4, 0.5) is 18.9 Å². The number of rotatable bonds is 4. The number of carbonyl (C=O) groups is 1. The van der Waals surface area contributed by atoms with Crippen LogP contribution in [0, 0.1) is 0 Å². The molecule has 1 rings (SSSR count). The second-order valence-electron chi connectivity index (χ2n) is 4.15. The molecule has 7 heteroatoms. The normalized spacial score (nSPS) is 11.0. The van der Waals surface area contributed by atoms with Crippen LogP contribution < -0.4 is 10.6 Å². The minimum atomic E-state index is -4.48. The van der Waals surface area contributed by atoms with Gasteiger partial charge in [-0.1, -0.05) is 25.5 Å². The van der Waals surface area contributed by atoms with Crippen molar-refractivity contribution in [3.63, 3.8) is 0 Å². The number of anilines is 1. The second kappa shape index (κ2) is 7.23. The summed E-state index contributed by atoms with van der Waals surface area (Å²) in [5.41, 5.74) is -1.01. The smallest absolute Gasteiger partial charge is 0.332 e. The number of amides is 1. The van der Waals surface area contributed by atoms with Gasteiger partial charge in [-0.05, 0) is 30.8 Å². The van der Waals surface area contributed by atoms with Gasteiger partial charge in [0.05, 0.1) is 11.3 Å². The molecular formula is C13H15F3N2OS. The van der Waals surface area contributed by atoms with Crippen molar-refractivity contribution in [3.05, 3.63) is 29.8 Å². The van der Waals surface area contributed by atoms with Gasteiger partial charge in [0.25, 0.3) is 0 Å². The van der Waals surface area contributed by atoms with Crippen LogP contribution in [0.5, 0.6) is 0 Å². The molecule has 1 aromatic carbocycles. The Hall–Kier alpha value is -1.63. The van der Waals surface area contributed by atoms with Crippen LogP contribution in [0.2, 0.25) is 0 Å². The fraction of sp³-hybridized carbons (Fsp3) is 0.385. The summed E-state index contributed by atoms with van der Waals surface area (Å²) in [6.07, 6.45) is -2.64. The highest BCUT2D eigenvalue weighted by Crippen LogP contribution is 2.34. The van der Waals surface area contributed by atoms with Crippen LogP contribution in [0.25, 0.3) is 0 Å². The Kier molecular flexibility index (Phi) is 5.94. The summed E-state index contributed by atoms with van der Waals surface area (Å²) in [7, 11) is 0. The Morgan fingerprint density at radius 3 is 2.55 bits per heavy atom. The Bertz CT molecular complexity index is 489. The third kappa shape index (κ3) is 5.16. The van der Waals surface area contributed by atoms with E-state index in [-0.39, 0.29) is 16.7 Å². The molecule has 0 unspecified atom stereocenters. The molecule has 1 aromatic rings. The first kappa shape index (κ1) is 16.4. The van der Waals surface area contributed by atoms with E-state index in [0.29, 0.717) is 12.8 Å². The molecule has 0 heterocycles. The van der Waals surface area contributed by atoms with Gasteiger partial charge in [-0.2, -0.15) is 13.2 Å². The van der Waals surface area contributed by atoms with E-state index in [1.54, 1.807) is 0 Å². The van der Waals surface area contributed by atoms with Gasteiger partial charge >= 0.3 is 6.18 Å². The number of nitrogens with one attached hydrogen (secondary N) is 2. The van der Waals surface area contributed by atoms with Crippen molar-refractivity contribution in [3.8, 4) is 0 Å². The summed E-state index contributed by atoms with van der Waals surface area (Å²) in [5.74, 6) is -0.311. The molecule has 20 heavy (non-hydrogen) atoms. The number of halogens is 3. The first-order valence-corrected chi connectivity index (χ1v) is 6.52.